The smallest absolute Gasteiger partial charge is 0.326 e. The molecule has 2 aromatic carbocycles. The van der Waals surface area contributed by atoms with Crippen molar-refractivity contribution in [1.29, 1.82) is 0 Å². The molecular weight excluding hydrogens is 378 g/mol. The highest BCUT2D eigenvalue weighted by Gasteiger charge is 2.57. The van der Waals surface area contributed by atoms with Gasteiger partial charge in [0.1, 0.15) is 5.75 Å². The standard InChI is InChI=1S/C24H27N3O3/c1-23(2)20-13-15-16(6-5-7-19(15)28)24(23,3)10-11-27(20)21(29)14-8-9-18-17(12-14)25-22(30)26(18)4/h5-9,12,20,28H,10-11,13H2,1-4H3,(H,25,30)/t20-,24+/m1/s1. The number of nitrogens with one attached hydrogen (secondary N) is 1. The molecule has 1 aromatic heterocycles. The number of phenols is 1. The third-order valence-corrected chi connectivity index (χ3v) is 8.04. The largest absolute Gasteiger partial charge is 0.508 e. The number of aryl methyl sites for hydroxylation is 1. The van der Waals surface area contributed by atoms with Crippen LogP contribution in [0.15, 0.2) is 41.2 Å². The maximum atomic E-state index is 13.6. The van der Waals surface area contributed by atoms with E-state index in [-0.39, 0.29) is 28.5 Å². The van der Waals surface area contributed by atoms with Crippen LogP contribution in [0, 0.1) is 5.41 Å². The van der Waals surface area contributed by atoms with Crippen LogP contribution in [0.5, 0.6) is 5.75 Å². The number of aromatic nitrogens is 2. The lowest BCUT2D eigenvalue weighted by Crippen LogP contribution is -2.64. The Morgan fingerprint density at radius 2 is 1.97 bits per heavy atom. The second-order valence-corrected chi connectivity index (χ2v) is 9.55. The van der Waals surface area contributed by atoms with Gasteiger partial charge in [-0.25, -0.2) is 4.79 Å². The summed E-state index contributed by atoms with van der Waals surface area (Å²) < 4.78 is 1.54. The molecule has 1 saturated heterocycles. The van der Waals surface area contributed by atoms with Crippen molar-refractivity contribution in [3.05, 3.63) is 63.6 Å². The monoisotopic (exact) mass is 405 g/mol. The Labute approximate surface area is 175 Å². The van der Waals surface area contributed by atoms with Gasteiger partial charge in [0.05, 0.1) is 11.0 Å². The van der Waals surface area contributed by atoms with E-state index in [9.17, 15) is 14.7 Å². The van der Waals surface area contributed by atoms with Gasteiger partial charge in [0.2, 0.25) is 0 Å². The second-order valence-electron chi connectivity index (χ2n) is 9.55. The van der Waals surface area contributed by atoms with Gasteiger partial charge in [-0.1, -0.05) is 32.9 Å². The van der Waals surface area contributed by atoms with Gasteiger partial charge >= 0.3 is 5.69 Å². The summed E-state index contributed by atoms with van der Waals surface area (Å²) in [4.78, 5) is 30.3. The Kier molecular flexibility index (Phi) is 3.79. The van der Waals surface area contributed by atoms with E-state index in [0.717, 1.165) is 17.5 Å². The zero-order valence-electron chi connectivity index (χ0n) is 17.8. The maximum Gasteiger partial charge on any atom is 0.326 e. The minimum Gasteiger partial charge on any atom is -0.508 e. The second kappa shape index (κ2) is 6.00. The van der Waals surface area contributed by atoms with Crippen molar-refractivity contribution in [2.75, 3.05) is 6.54 Å². The molecule has 0 radical (unpaired) electrons. The summed E-state index contributed by atoms with van der Waals surface area (Å²) in [6, 6.07) is 11.2. The highest BCUT2D eigenvalue weighted by molar-refractivity contribution is 5.97. The molecule has 3 aromatic rings. The first kappa shape index (κ1) is 19.0. The molecular formula is C24H27N3O3. The molecule has 2 heterocycles. The molecule has 2 N–H and O–H groups in total. The van der Waals surface area contributed by atoms with Crippen molar-refractivity contribution in [3.8, 4) is 5.75 Å². The number of likely N-dealkylation sites (tertiary alicyclic amines) is 1. The zero-order valence-corrected chi connectivity index (χ0v) is 17.8. The number of hydrogen-bond acceptors (Lipinski definition) is 3. The first-order valence-electron chi connectivity index (χ1n) is 10.5. The molecule has 2 aliphatic rings. The van der Waals surface area contributed by atoms with Crippen molar-refractivity contribution in [3.63, 3.8) is 0 Å². The van der Waals surface area contributed by atoms with Crippen molar-refractivity contribution in [2.24, 2.45) is 12.5 Å². The molecule has 30 heavy (non-hydrogen) atoms. The molecule has 2 bridgehead atoms. The fourth-order valence-corrected chi connectivity index (χ4v) is 5.71. The topological polar surface area (TPSA) is 78.3 Å². The average Bonchev–Trinajstić information content (AvgIpc) is 2.98. The number of rotatable bonds is 1. The number of hydrogen-bond donors (Lipinski definition) is 2. The highest BCUT2D eigenvalue weighted by atomic mass is 16.3. The fraction of sp³-hybridized carbons (Fsp3) is 0.417. The molecule has 1 amide bonds. The van der Waals surface area contributed by atoms with E-state index < -0.39 is 0 Å². The third-order valence-electron chi connectivity index (χ3n) is 8.04. The van der Waals surface area contributed by atoms with E-state index in [0.29, 0.717) is 29.8 Å². The predicted octanol–water partition coefficient (Wildman–Crippen LogP) is 3.33. The first-order chi connectivity index (χ1) is 14.1. The molecule has 1 aliphatic carbocycles. The minimum absolute atomic E-state index is 0.0185. The number of amides is 1. The number of imidazole rings is 1. The van der Waals surface area contributed by atoms with E-state index in [1.807, 2.05) is 17.0 Å². The lowest BCUT2D eigenvalue weighted by Gasteiger charge is -2.60. The molecule has 5 rings (SSSR count). The molecule has 6 heteroatoms. The number of carbonyl (C=O) groups excluding carboxylic acids is 1. The number of carbonyl (C=O) groups is 1. The summed E-state index contributed by atoms with van der Waals surface area (Å²) in [5.74, 6) is 0.289. The SMILES string of the molecule is Cn1c(=O)[nH]c2cc(C(=O)N3CC[C@@]4(C)c5cccc(O)c5C[C@@H]3C4(C)C)ccc21. The van der Waals surface area contributed by atoms with E-state index in [1.54, 1.807) is 29.8 Å². The zero-order chi connectivity index (χ0) is 21.4. The van der Waals surface area contributed by atoms with E-state index >= 15 is 0 Å². The lowest BCUT2D eigenvalue weighted by atomic mass is 9.51. The summed E-state index contributed by atoms with van der Waals surface area (Å²) in [6.07, 6.45) is 1.48. The summed E-state index contributed by atoms with van der Waals surface area (Å²) in [5, 5.41) is 10.5. The Balaban J connectivity index is 1.58. The average molecular weight is 405 g/mol. The third kappa shape index (κ3) is 2.30. The number of aromatic hydroxyl groups is 1. The van der Waals surface area contributed by atoms with Crippen molar-refractivity contribution < 1.29 is 9.90 Å². The van der Waals surface area contributed by atoms with Crippen LogP contribution < -0.4 is 5.69 Å². The summed E-state index contributed by atoms with van der Waals surface area (Å²) in [5.41, 5.74) is 3.74. The van der Waals surface area contributed by atoms with Crippen LogP contribution in [0.2, 0.25) is 0 Å². The minimum atomic E-state index is -0.191. The fourth-order valence-electron chi connectivity index (χ4n) is 5.71. The molecule has 156 valence electrons. The Morgan fingerprint density at radius 3 is 2.73 bits per heavy atom. The quantitative estimate of drug-likeness (QED) is 0.652. The van der Waals surface area contributed by atoms with Crippen LogP contribution in [0.4, 0.5) is 0 Å². The first-order valence-corrected chi connectivity index (χ1v) is 10.5. The molecule has 2 atom stereocenters. The Morgan fingerprint density at radius 1 is 1.20 bits per heavy atom. The van der Waals surface area contributed by atoms with Crippen LogP contribution in [0.1, 0.15) is 48.7 Å². The summed E-state index contributed by atoms with van der Waals surface area (Å²) >= 11 is 0. The number of benzene rings is 2. The van der Waals surface area contributed by atoms with Gasteiger partial charge in [0.25, 0.3) is 5.91 Å². The van der Waals surface area contributed by atoms with Gasteiger partial charge in [-0.2, -0.15) is 0 Å². The molecule has 1 fully saturated rings. The summed E-state index contributed by atoms with van der Waals surface area (Å²) in [6.45, 7) is 7.41. The number of aromatic amines is 1. The Bertz CT molecular complexity index is 1250. The molecule has 0 saturated carbocycles. The molecule has 0 spiro atoms. The van der Waals surface area contributed by atoms with Crippen LogP contribution in [0.3, 0.4) is 0 Å². The lowest BCUT2D eigenvalue weighted by molar-refractivity contribution is -0.0266. The number of fused-ring (bicyclic) bond motifs is 5. The van der Waals surface area contributed by atoms with Crippen LogP contribution >= 0.6 is 0 Å². The van der Waals surface area contributed by atoms with Crippen molar-refractivity contribution in [2.45, 2.75) is 45.1 Å². The van der Waals surface area contributed by atoms with Gasteiger partial charge in [-0.3, -0.25) is 9.36 Å². The Hall–Kier alpha value is -3.02. The highest BCUT2D eigenvalue weighted by Crippen LogP contribution is 2.57. The van der Waals surface area contributed by atoms with E-state index in [2.05, 4.69) is 31.8 Å². The number of H-pyrrole nitrogens is 1. The van der Waals surface area contributed by atoms with Gasteiger partial charge < -0.3 is 15.0 Å². The van der Waals surface area contributed by atoms with Crippen molar-refractivity contribution >= 4 is 16.9 Å². The van der Waals surface area contributed by atoms with E-state index in [1.165, 1.54) is 5.56 Å². The number of piperidine rings is 1. The van der Waals surface area contributed by atoms with Crippen LogP contribution in [-0.2, 0) is 18.9 Å². The van der Waals surface area contributed by atoms with Gasteiger partial charge in [-0.05, 0) is 53.6 Å². The normalized spacial score (nSPS) is 24.7. The van der Waals surface area contributed by atoms with Gasteiger partial charge in [0.15, 0.2) is 0 Å². The molecule has 0 unspecified atom stereocenters. The molecule has 1 aliphatic heterocycles. The van der Waals surface area contributed by atoms with Gasteiger partial charge in [0, 0.05) is 30.6 Å². The van der Waals surface area contributed by atoms with Crippen LogP contribution in [-0.4, -0.2) is 38.1 Å². The van der Waals surface area contributed by atoms with E-state index in [4.69, 9.17) is 0 Å². The van der Waals surface area contributed by atoms with Gasteiger partial charge in [-0.15, -0.1) is 0 Å². The van der Waals surface area contributed by atoms with Crippen molar-refractivity contribution in [1.82, 2.24) is 14.5 Å². The maximum absolute atomic E-state index is 13.6. The van der Waals surface area contributed by atoms with Crippen LogP contribution in [0.25, 0.3) is 11.0 Å². The summed E-state index contributed by atoms with van der Waals surface area (Å²) in [7, 11) is 1.71. The number of nitrogens with zero attached hydrogens (tertiary/aromatic N) is 2. The molecule has 6 nitrogen and oxygen atoms in total. The predicted molar refractivity (Wildman–Crippen MR) is 116 cm³/mol. The number of phenolic OH excluding ortho intramolecular Hbond substituents is 1.